The summed E-state index contributed by atoms with van der Waals surface area (Å²) in [5, 5.41) is 7.75. The highest BCUT2D eigenvalue weighted by molar-refractivity contribution is 14.1. The summed E-state index contributed by atoms with van der Waals surface area (Å²) in [5.41, 5.74) is -0.495. The van der Waals surface area contributed by atoms with Crippen LogP contribution in [0.5, 0.6) is 0 Å². The molecule has 0 spiro atoms. The molecule has 1 heterocycles. The number of nitrogens with one attached hydrogen (secondary N) is 1. The fraction of sp³-hybridized carbons (Fsp3) is 0.733. The molecule has 1 N–H and O–H groups in total. The Hall–Kier alpha value is -0.630. The molecule has 2 unspecified atom stereocenters. The number of halogens is 1. The monoisotopic (exact) mass is 405 g/mol. The number of ether oxygens (including phenoxy) is 1. The van der Waals surface area contributed by atoms with Crippen LogP contribution in [0.4, 0.5) is 0 Å². The van der Waals surface area contributed by atoms with Gasteiger partial charge in [-0.2, -0.15) is 5.10 Å². The van der Waals surface area contributed by atoms with Crippen LogP contribution in [0, 0.1) is 9.49 Å². The molecule has 1 aromatic heterocycles. The standard InChI is InChI=1S/C15H24IN3O2/c1-3-17-15(14(20)21-4-2)8-5-6-12(15)7-9-19-11-13(16)10-18-19/h10-12,17H,3-9H2,1-2H3. The van der Waals surface area contributed by atoms with Gasteiger partial charge in [-0.25, -0.2) is 0 Å². The van der Waals surface area contributed by atoms with Gasteiger partial charge in [-0.15, -0.1) is 0 Å². The minimum atomic E-state index is -0.495. The van der Waals surface area contributed by atoms with Crippen molar-refractivity contribution in [1.29, 1.82) is 0 Å². The molecule has 2 atom stereocenters. The molecule has 1 aliphatic carbocycles. The second kappa shape index (κ2) is 7.58. The number of carbonyl (C=O) groups excluding carboxylic acids is 1. The van der Waals surface area contributed by atoms with Gasteiger partial charge in [0.05, 0.1) is 16.4 Å². The maximum absolute atomic E-state index is 12.5. The summed E-state index contributed by atoms with van der Waals surface area (Å²) in [6.07, 6.45) is 7.87. The topological polar surface area (TPSA) is 56.1 Å². The number of rotatable bonds is 7. The summed E-state index contributed by atoms with van der Waals surface area (Å²) in [5.74, 6) is 0.239. The van der Waals surface area contributed by atoms with Crippen molar-refractivity contribution in [3.63, 3.8) is 0 Å². The van der Waals surface area contributed by atoms with Gasteiger partial charge in [0.25, 0.3) is 0 Å². The molecule has 1 saturated carbocycles. The minimum Gasteiger partial charge on any atom is -0.465 e. The van der Waals surface area contributed by atoms with Gasteiger partial charge >= 0.3 is 5.97 Å². The molecule has 0 aliphatic heterocycles. The van der Waals surface area contributed by atoms with Gasteiger partial charge in [0.2, 0.25) is 0 Å². The van der Waals surface area contributed by atoms with Gasteiger partial charge < -0.3 is 10.1 Å². The van der Waals surface area contributed by atoms with Crippen LogP contribution in [0.15, 0.2) is 12.4 Å². The van der Waals surface area contributed by atoms with E-state index in [-0.39, 0.29) is 5.97 Å². The molecule has 1 aromatic rings. The summed E-state index contributed by atoms with van der Waals surface area (Å²) in [4.78, 5) is 12.5. The number of esters is 1. The largest absolute Gasteiger partial charge is 0.465 e. The van der Waals surface area contributed by atoms with E-state index in [1.165, 1.54) is 0 Å². The van der Waals surface area contributed by atoms with Crippen molar-refractivity contribution < 1.29 is 9.53 Å². The van der Waals surface area contributed by atoms with Crippen molar-refractivity contribution in [2.45, 2.75) is 51.6 Å². The van der Waals surface area contributed by atoms with Gasteiger partial charge in [-0.3, -0.25) is 9.48 Å². The van der Waals surface area contributed by atoms with Crippen molar-refractivity contribution >= 4 is 28.6 Å². The lowest BCUT2D eigenvalue weighted by atomic mass is 9.84. The molecular formula is C15H24IN3O2. The van der Waals surface area contributed by atoms with Crippen molar-refractivity contribution in [1.82, 2.24) is 15.1 Å². The van der Waals surface area contributed by atoms with E-state index in [1.54, 1.807) is 0 Å². The van der Waals surface area contributed by atoms with E-state index in [2.05, 4.69) is 33.0 Å². The first kappa shape index (κ1) is 16.7. The van der Waals surface area contributed by atoms with Crippen molar-refractivity contribution in [2.24, 2.45) is 5.92 Å². The molecule has 0 radical (unpaired) electrons. The van der Waals surface area contributed by atoms with Gasteiger partial charge in [0, 0.05) is 12.7 Å². The van der Waals surface area contributed by atoms with Crippen molar-refractivity contribution in [3.8, 4) is 0 Å². The lowest BCUT2D eigenvalue weighted by Crippen LogP contribution is -2.55. The zero-order valence-electron chi connectivity index (χ0n) is 12.8. The zero-order chi connectivity index (χ0) is 15.3. The number of likely N-dealkylation sites (N-methyl/N-ethyl adjacent to an activating group) is 1. The quantitative estimate of drug-likeness (QED) is 0.560. The van der Waals surface area contributed by atoms with Crippen molar-refractivity contribution in [2.75, 3.05) is 13.2 Å². The Morgan fingerprint density at radius 3 is 3.05 bits per heavy atom. The molecule has 1 fully saturated rings. The highest BCUT2D eigenvalue weighted by Gasteiger charge is 2.49. The van der Waals surface area contributed by atoms with Gasteiger partial charge in [0.1, 0.15) is 5.54 Å². The maximum atomic E-state index is 12.5. The molecule has 0 amide bonds. The zero-order valence-corrected chi connectivity index (χ0v) is 14.9. The second-order valence-corrected chi connectivity index (χ2v) is 6.77. The van der Waals surface area contributed by atoms with E-state index in [0.717, 1.165) is 42.3 Å². The number of carbonyl (C=O) groups is 1. The first-order chi connectivity index (χ1) is 10.1. The molecule has 0 saturated heterocycles. The third-order valence-corrected chi connectivity index (χ3v) is 4.82. The second-order valence-electron chi connectivity index (χ2n) is 5.52. The Morgan fingerprint density at radius 2 is 2.43 bits per heavy atom. The Balaban J connectivity index is 2.06. The van der Waals surface area contributed by atoms with Crippen LogP contribution in [0.25, 0.3) is 0 Å². The normalized spacial score (nSPS) is 25.2. The van der Waals surface area contributed by atoms with Crippen LogP contribution < -0.4 is 5.32 Å². The van der Waals surface area contributed by atoms with Crippen LogP contribution in [0.2, 0.25) is 0 Å². The summed E-state index contributed by atoms with van der Waals surface area (Å²) in [6.45, 7) is 5.99. The Labute approximate surface area is 139 Å². The molecule has 6 heteroatoms. The first-order valence-electron chi connectivity index (χ1n) is 7.72. The van der Waals surface area contributed by atoms with Crippen LogP contribution >= 0.6 is 22.6 Å². The molecule has 5 nitrogen and oxygen atoms in total. The number of aryl methyl sites for hydroxylation is 1. The molecule has 0 aromatic carbocycles. The number of hydrogen-bond acceptors (Lipinski definition) is 4. The minimum absolute atomic E-state index is 0.0793. The van der Waals surface area contributed by atoms with E-state index in [4.69, 9.17) is 4.74 Å². The highest BCUT2D eigenvalue weighted by atomic mass is 127. The van der Waals surface area contributed by atoms with Gasteiger partial charge in [-0.1, -0.05) is 13.3 Å². The van der Waals surface area contributed by atoms with Crippen LogP contribution in [-0.2, 0) is 16.1 Å². The van der Waals surface area contributed by atoms with Gasteiger partial charge in [-0.05, 0) is 61.2 Å². The highest BCUT2D eigenvalue weighted by Crippen LogP contribution is 2.39. The average Bonchev–Trinajstić information content (AvgIpc) is 3.04. The predicted octanol–water partition coefficient (Wildman–Crippen LogP) is 2.59. The van der Waals surface area contributed by atoms with Crippen LogP contribution in [0.1, 0.15) is 39.5 Å². The molecule has 0 bridgehead atoms. The summed E-state index contributed by atoms with van der Waals surface area (Å²) in [6, 6.07) is 0. The third-order valence-electron chi connectivity index (χ3n) is 4.26. The summed E-state index contributed by atoms with van der Waals surface area (Å²) >= 11 is 2.26. The Morgan fingerprint density at radius 1 is 1.62 bits per heavy atom. The fourth-order valence-electron chi connectivity index (χ4n) is 3.37. The lowest BCUT2D eigenvalue weighted by molar-refractivity contribution is -0.153. The Kier molecular flexibility index (Phi) is 6.04. The summed E-state index contributed by atoms with van der Waals surface area (Å²) in [7, 11) is 0. The van der Waals surface area contributed by atoms with Crippen LogP contribution in [-0.4, -0.2) is 34.4 Å². The van der Waals surface area contributed by atoms with E-state index >= 15 is 0 Å². The SMILES string of the molecule is CCNC1(C(=O)OCC)CCCC1CCn1cc(I)cn1. The third kappa shape index (κ3) is 3.77. The number of aromatic nitrogens is 2. The average molecular weight is 405 g/mol. The van der Waals surface area contributed by atoms with E-state index in [9.17, 15) is 4.79 Å². The number of nitrogens with zero attached hydrogens (tertiary/aromatic N) is 2. The molecule has 2 rings (SSSR count). The smallest absolute Gasteiger partial charge is 0.326 e. The summed E-state index contributed by atoms with van der Waals surface area (Å²) < 4.78 is 8.44. The van der Waals surface area contributed by atoms with E-state index in [1.807, 2.05) is 30.9 Å². The first-order valence-corrected chi connectivity index (χ1v) is 8.80. The number of hydrogen-bond donors (Lipinski definition) is 1. The lowest BCUT2D eigenvalue weighted by Gasteiger charge is -2.34. The van der Waals surface area contributed by atoms with Crippen molar-refractivity contribution in [3.05, 3.63) is 16.0 Å². The Bertz CT molecular complexity index is 477. The van der Waals surface area contributed by atoms with Gasteiger partial charge in [0.15, 0.2) is 0 Å². The molecule has 21 heavy (non-hydrogen) atoms. The van der Waals surface area contributed by atoms with E-state index in [0.29, 0.717) is 12.5 Å². The predicted molar refractivity (Wildman–Crippen MR) is 89.9 cm³/mol. The maximum Gasteiger partial charge on any atom is 0.326 e. The molecule has 118 valence electrons. The van der Waals surface area contributed by atoms with E-state index < -0.39 is 5.54 Å². The fourth-order valence-corrected chi connectivity index (χ4v) is 3.81. The van der Waals surface area contributed by atoms with Crippen LogP contribution in [0.3, 0.4) is 0 Å². The molecular weight excluding hydrogens is 381 g/mol. The molecule has 1 aliphatic rings.